The third-order valence-electron chi connectivity index (χ3n) is 3.56. The number of thiophene rings is 1. The van der Waals surface area contributed by atoms with Crippen LogP contribution in [0.2, 0.25) is 0 Å². The lowest BCUT2D eigenvalue weighted by molar-refractivity contribution is -0.116. The Hall–Kier alpha value is -2.47. The van der Waals surface area contributed by atoms with E-state index in [4.69, 9.17) is 0 Å². The first-order valence-electron chi connectivity index (χ1n) is 7.66. The highest BCUT2D eigenvalue weighted by Gasteiger charge is 2.18. The van der Waals surface area contributed by atoms with E-state index >= 15 is 0 Å². The Morgan fingerprint density at radius 2 is 1.75 bits per heavy atom. The molecule has 0 radical (unpaired) electrons. The first kappa shape index (κ1) is 17.9. The summed E-state index contributed by atoms with van der Waals surface area (Å²) in [7, 11) is 1.57. The summed E-state index contributed by atoms with van der Waals surface area (Å²) in [5, 5.41) is 2.84. The zero-order valence-corrected chi connectivity index (χ0v) is 14.8. The first-order chi connectivity index (χ1) is 11.4. The van der Waals surface area contributed by atoms with Gasteiger partial charge in [0.1, 0.15) is 0 Å². The van der Waals surface area contributed by atoms with E-state index in [-0.39, 0.29) is 24.1 Å². The predicted molar refractivity (Wildman–Crippen MR) is 95.7 cm³/mol. The van der Waals surface area contributed by atoms with Crippen molar-refractivity contribution in [3.63, 3.8) is 0 Å². The minimum atomic E-state index is -0.272. The molecule has 2 amide bonds. The van der Waals surface area contributed by atoms with Crippen LogP contribution in [0.15, 0.2) is 36.4 Å². The van der Waals surface area contributed by atoms with Crippen LogP contribution in [0.5, 0.6) is 0 Å². The molecule has 0 aliphatic carbocycles. The molecule has 0 saturated carbocycles. The number of anilines is 1. The van der Waals surface area contributed by atoms with Gasteiger partial charge in [0.2, 0.25) is 5.91 Å². The zero-order chi connectivity index (χ0) is 17.7. The Morgan fingerprint density at radius 3 is 2.38 bits per heavy atom. The van der Waals surface area contributed by atoms with Gasteiger partial charge in [0.05, 0.1) is 16.3 Å². The van der Waals surface area contributed by atoms with E-state index in [9.17, 15) is 14.4 Å². The number of ketones is 1. The number of rotatable bonds is 6. The molecule has 126 valence electrons. The minimum Gasteiger partial charge on any atom is -0.332 e. The number of amides is 2. The monoisotopic (exact) mass is 344 g/mol. The highest BCUT2D eigenvalue weighted by molar-refractivity contribution is 7.15. The molecule has 1 aromatic carbocycles. The number of benzene rings is 1. The summed E-state index contributed by atoms with van der Waals surface area (Å²) >= 11 is 1.14. The SMILES string of the molecule is CCc1ccccc1NC(=O)CN(C)C(=O)c1ccc(C(C)=O)s1. The van der Waals surface area contributed by atoms with Crippen molar-refractivity contribution >= 4 is 34.6 Å². The van der Waals surface area contributed by atoms with Crippen LogP contribution in [0.4, 0.5) is 5.69 Å². The molecule has 0 unspecified atom stereocenters. The number of carbonyl (C=O) groups is 3. The average molecular weight is 344 g/mol. The van der Waals surface area contributed by atoms with Crippen molar-refractivity contribution in [2.24, 2.45) is 0 Å². The second kappa shape index (κ2) is 7.88. The van der Waals surface area contributed by atoms with Gasteiger partial charge in [-0.15, -0.1) is 11.3 Å². The molecule has 2 rings (SSSR count). The van der Waals surface area contributed by atoms with E-state index in [1.54, 1.807) is 19.2 Å². The first-order valence-corrected chi connectivity index (χ1v) is 8.48. The topological polar surface area (TPSA) is 66.5 Å². The van der Waals surface area contributed by atoms with Crippen LogP contribution in [0.25, 0.3) is 0 Å². The highest BCUT2D eigenvalue weighted by atomic mass is 32.1. The fourth-order valence-corrected chi connectivity index (χ4v) is 3.15. The van der Waals surface area contributed by atoms with Crippen LogP contribution in [-0.2, 0) is 11.2 Å². The van der Waals surface area contributed by atoms with E-state index < -0.39 is 0 Å². The van der Waals surface area contributed by atoms with E-state index in [2.05, 4.69) is 5.32 Å². The van der Waals surface area contributed by atoms with Gasteiger partial charge in [-0.1, -0.05) is 25.1 Å². The molecule has 5 nitrogen and oxygen atoms in total. The Labute approximate surface area is 145 Å². The molecule has 6 heteroatoms. The van der Waals surface area contributed by atoms with Gasteiger partial charge >= 0.3 is 0 Å². The van der Waals surface area contributed by atoms with Crippen molar-refractivity contribution in [2.75, 3.05) is 18.9 Å². The molecule has 0 bridgehead atoms. The number of hydrogen-bond acceptors (Lipinski definition) is 4. The lowest BCUT2D eigenvalue weighted by Crippen LogP contribution is -2.34. The van der Waals surface area contributed by atoms with Gasteiger partial charge in [0, 0.05) is 12.7 Å². The summed E-state index contributed by atoms with van der Waals surface area (Å²) in [5.41, 5.74) is 1.81. The molecule has 2 aromatic rings. The van der Waals surface area contributed by atoms with Crippen molar-refractivity contribution in [1.82, 2.24) is 4.90 Å². The maximum atomic E-state index is 12.3. The number of nitrogens with one attached hydrogen (secondary N) is 1. The molecule has 0 spiro atoms. The van der Waals surface area contributed by atoms with Gasteiger partial charge in [-0.05, 0) is 37.1 Å². The normalized spacial score (nSPS) is 10.3. The Balaban J connectivity index is 2.00. The average Bonchev–Trinajstić information content (AvgIpc) is 3.04. The van der Waals surface area contributed by atoms with Gasteiger partial charge in [-0.25, -0.2) is 0 Å². The van der Waals surface area contributed by atoms with Gasteiger partial charge in [0.25, 0.3) is 5.91 Å². The smallest absolute Gasteiger partial charge is 0.264 e. The van der Waals surface area contributed by atoms with E-state index in [0.717, 1.165) is 29.0 Å². The van der Waals surface area contributed by atoms with Gasteiger partial charge in [-0.3, -0.25) is 14.4 Å². The molecule has 0 saturated heterocycles. The predicted octanol–water partition coefficient (Wildman–Crippen LogP) is 3.22. The van der Waals surface area contributed by atoms with E-state index in [0.29, 0.717) is 9.75 Å². The molecular formula is C18H20N2O3S. The number of para-hydroxylation sites is 1. The zero-order valence-electron chi connectivity index (χ0n) is 14.0. The Morgan fingerprint density at radius 1 is 1.08 bits per heavy atom. The summed E-state index contributed by atoms with van der Waals surface area (Å²) in [5.74, 6) is -0.600. The largest absolute Gasteiger partial charge is 0.332 e. The summed E-state index contributed by atoms with van der Waals surface area (Å²) in [6, 6.07) is 10.8. The van der Waals surface area contributed by atoms with Crippen LogP contribution in [-0.4, -0.2) is 36.1 Å². The Bertz CT molecular complexity index is 767. The van der Waals surface area contributed by atoms with Crippen molar-refractivity contribution < 1.29 is 14.4 Å². The number of aryl methyl sites for hydroxylation is 1. The van der Waals surface area contributed by atoms with E-state index in [1.165, 1.54) is 11.8 Å². The van der Waals surface area contributed by atoms with Crippen molar-refractivity contribution in [2.45, 2.75) is 20.3 Å². The molecule has 0 aliphatic heterocycles. The highest BCUT2D eigenvalue weighted by Crippen LogP contribution is 2.19. The number of likely N-dealkylation sites (N-methyl/N-ethyl adjacent to an activating group) is 1. The molecule has 1 N–H and O–H groups in total. The van der Waals surface area contributed by atoms with E-state index in [1.807, 2.05) is 31.2 Å². The lowest BCUT2D eigenvalue weighted by atomic mass is 10.1. The van der Waals surface area contributed by atoms with Crippen LogP contribution < -0.4 is 5.32 Å². The summed E-state index contributed by atoms with van der Waals surface area (Å²) in [6.07, 6.45) is 0.814. The quantitative estimate of drug-likeness (QED) is 0.818. The number of nitrogens with zero attached hydrogens (tertiary/aromatic N) is 1. The fourth-order valence-electron chi connectivity index (χ4n) is 2.26. The fraction of sp³-hybridized carbons (Fsp3) is 0.278. The number of Topliss-reactive ketones (excluding diaryl/α,β-unsaturated/α-hetero) is 1. The number of hydrogen-bond donors (Lipinski definition) is 1. The molecule has 1 aromatic heterocycles. The van der Waals surface area contributed by atoms with Crippen LogP contribution in [0.1, 0.15) is 38.8 Å². The van der Waals surface area contributed by atoms with Crippen molar-refractivity contribution in [1.29, 1.82) is 0 Å². The summed E-state index contributed by atoms with van der Waals surface area (Å²) < 4.78 is 0. The third-order valence-corrected chi connectivity index (χ3v) is 4.74. The third kappa shape index (κ3) is 4.29. The van der Waals surface area contributed by atoms with Gasteiger partial charge < -0.3 is 10.2 Å². The molecular weight excluding hydrogens is 324 g/mol. The second-order valence-electron chi connectivity index (χ2n) is 5.44. The minimum absolute atomic E-state index is 0.0514. The molecule has 24 heavy (non-hydrogen) atoms. The van der Waals surface area contributed by atoms with Crippen molar-refractivity contribution in [3.8, 4) is 0 Å². The molecule has 0 atom stereocenters. The molecule has 1 heterocycles. The maximum absolute atomic E-state index is 12.3. The molecule has 0 aliphatic rings. The molecule has 0 fully saturated rings. The Kier molecular flexibility index (Phi) is 5.87. The standard InChI is InChI=1S/C18H20N2O3S/c1-4-13-7-5-6-8-14(13)19-17(22)11-20(3)18(23)16-10-9-15(24-16)12(2)21/h5-10H,4,11H2,1-3H3,(H,19,22). The number of carbonyl (C=O) groups excluding carboxylic acids is 3. The van der Waals surface area contributed by atoms with Crippen LogP contribution in [0, 0.1) is 0 Å². The van der Waals surface area contributed by atoms with Crippen LogP contribution >= 0.6 is 11.3 Å². The van der Waals surface area contributed by atoms with Crippen molar-refractivity contribution in [3.05, 3.63) is 51.7 Å². The maximum Gasteiger partial charge on any atom is 0.264 e. The van der Waals surface area contributed by atoms with Crippen LogP contribution in [0.3, 0.4) is 0 Å². The van der Waals surface area contributed by atoms with Gasteiger partial charge in [-0.2, -0.15) is 0 Å². The lowest BCUT2D eigenvalue weighted by Gasteiger charge is -2.16. The van der Waals surface area contributed by atoms with Gasteiger partial charge in [0.15, 0.2) is 5.78 Å². The summed E-state index contributed by atoms with van der Waals surface area (Å²) in [6.45, 7) is 3.43. The summed E-state index contributed by atoms with van der Waals surface area (Å²) in [4.78, 5) is 38.2. The second-order valence-corrected chi connectivity index (χ2v) is 6.52.